The van der Waals surface area contributed by atoms with E-state index in [1.165, 1.54) is 0 Å². The van der Waals surface area contributed by atoms with E-state index in [0.717, 1.165) is 48.4 Å². The molecule has 0 unspecified atom stereocenters. The third-order valence-electron chi connectivity index (χ3n) is 5.34. The molecule has 0 amide bonds. The molecule has 146 valence electrons. The van der Waals surface area contributed by atoms with Gasteiger partial charge in [-0.25, -0.2) is 13.1 Å². The molecule has 1 heterocycles. The molecule has 2 aromatic carbocycles. The summed E-state index contributed by atoms with van der Waals surface area (Å²) in [4.78, 5) is 2.67. The number of nitrogens with zero attached hydrogens (tertiary/aromatic N) is 1. The van der Waals surface area contributed by atoms with E-state index in [-0.39, 0.29) is 6.04 Å². The number of rotatable bonds is 7. The third-order valence-corrected chi connectivity index (χ3v) is 6.76. The summed E-state index contributed by atoms with van der Waals surface area (Å²) in [5, 5.41) is 0. The SMILES string of the molecule is COc1ccc([C@@H](CNS(=O)(=O)c2ccc(C)c(C)c2)N2CCCC2)cc1. The van der Waals surface area contributed by atoms with E-state index >= 15 is 0 Å². The second-order valence-corrected chi connectivity index (χ2v) is 8.90. The second-order valence-electron chi connectivity index (χ2n) is 7.13. The second kappa shape index (κ2) is 8.42. The monoisotopic (exact) mass is 388 g/mol. The number of nitrogens with one attached hydrogen (secondary N) is 1. The zero-order chi connectivity index (χ0) is 19.4. The van der Waals surface area contributed by atoms with E-state index in [9.17, 15) is 8.42 Å². The average molecular weight is 389 g/mol. The lowest BCUT2D eigenvalue weighted by Gasteiger charge is -2.28. The molecule has 3 rings (SSSR count). The first-order chi connectivity index (χ1) is 12.9. The minimum absolute atomic E-state index is 0.0136. The number of sulfonamides is 1. The molecule has 0 bridgehead atoms. The summed E-state index contributed by atoms with van der Waals surface area (Å²) in [7, 11) is -1.90. The fourth-order valence-electron chi connectivity index (χ4n) is 3.49. The van der Waals surface area contributed by atoms with Gasteiger partial charge in [0.15, 0.2) is 0 Å². The van der Waals surface area contributed by atoms with Crippen LogP contribution in [0.1, 0.15) is 35.6 Å². The quantitative estimate of drug-likeness (QED) is 0.790. The van der Waals surface area contributed by atoms with Gasteiger partial charge >= 0.3 is 0 Å². The topological polar surface area (TPSA) is 58.6 Å². The van der Waals surface area contributed by atoms with Gasteiger partial charge in [0.05, 0.1) is 12.0 Å². The van der Waals surface area contributed by atoms with Gasteiger partial charge in [0, 0.05) is 12.6 Å². The summed E-state index contributed by atoms with van der Waals surface area (Å²) in [6.45, 7) is 6.23. The number of likely N-dealkylation sites (tertiary alicyclic amines) is 1. The molecule has 6 heteroatoms. The Morgan fingerprint density at radius 2 is 1.70 bits per heavy atom. The lowest BCUT2D eigenvalue weighted by atomic mass is 10.1. The highest BCUT2D eigenvalue weighted by molar-refractivity contribution is 7.89. The third kappa shape index (κ3) is 4.69. The van der Waals surface area contributed by atoms with Crippen molar-refractivity contribution in [3.8, 4) is 5.75 Å². The average Bonchev–Trinajstić information content (AvgIpc) is 3.19. The van der Waals surface area contributed by atoms with E-state index in [1.807, 2.05) is 44.2 Å². The van der Waals surface area contributed by atoms with Gasteiger partial charge in [-0.3, -0.25) is 4.90 Å². The molecule has 1 atom stereocenters. The van der Waals surface area contributed by atoms with Gasteiger partial charge in [0.1, 0.15) is 5.75 Å². The molecule has 1 N–H and O–H groups in total. The van der Waals surface area contributed by atoms with Crippen LogP contribution in [0.3, 0.4) is 0 Å². The number of hydrogen-bond acceptors (Lipinski definition) is 4. The van der Waals surface area contributed by atoms with Gasteiger partial charge in [-0.2, -0.15) is 0 Å². The van der Waals surface area contributed by atoms with Crippen LogP contribution in [0.5, 0.6) is 5.75 Å². The number of aryl methyl sites for hydroxylation is 2. The summed E-state index contributed by atoms with van der Waals surface area (Å²) < 4.78 is 33.7. The molecule has 2 aromatic rings. The zero-order valence-electron chi connectivity index (χ0n) is 16.2. The Bertz CT molecular complexity index is 873. The van der Waals surface area contributed by atoms with Crippen molar-refractivity contribution in [3.63, 3.8) is 0 Å². The lowest BCUT2D eigenvalue weighted by Crippen LogP contribution is -2.36. The highest BCUT2D eigenvalue weighted by atomic mass is 32.2. The summed E-state index contributed by atoms with van der Waals surface area (Å²) in [6.07, 6.45) is 2.30. The fourth-order valence-corrected chi connectivity index (χ4v) is 4.61. The van der Waals surface area contributed by atoms with Crippen LogP contribution in [0.4, 0.5) is 0 Å². The molecular weight excluding hydrogens is 360 g/mol. The lowest BCUT2D eigenvalue weighted by molar-refractivity contribution is 0.246. The van der Waals surface area contributed by atoms with E-state index < -0.39 is 10.0 Å². The molecule has 0 radical (unpaired) electrons. The molecule has 1 aliphatic rings. The van der Waals surface area contributed by atoms with E-state index in [0.29, 0.717) is 11.4 Å². The van der Waals surface area contributed by atoms with Crippen molar-refractivity contribution < 1.29 is 13.2 Å². The number of hydrogen-bond donors (Lipinski definition) is 1. The van der Waals surface area contributed by atoms with Gasteiger partial charge in [0.2, 0.25) is 10.0 Å². The van der Waals surface area contributed by atoms with Crippen molar-refractivity contribution in [1.29, 1.82) is 0 Å². The largest absolute Gasteiger partial charge is 0.497 e. The Morgan fingerprint density at radius 3 is 2.30 bits per heavy atom. The first-order valence-electron chi connectivity index (χ1n) is 9.35. The number of methoxy groups -OCH3 is 1. The number of benzene rings is 2. The van der Waals surface area contributed by atoms with Crippen LogP contribution in [0.15, 0.2) is 47.4 Å². The van der Waals surface area contributed by atoms with Crippen molar-refractivity contribution in [2.45, 2.75) is 37.6 Å². The van der Waals surface area contributed by atoms with Crippen LogP contribution in [0.25, 0.3) is 0 Å². The van der Waals surface area contributed by atoms with Crippen molar-refractivity contribution in [1.82, 2.24) is 9.62 Å². The van der Waals surface area contributed by atoms with E-state index in [4.69, 9.17) is 4.74 Å². The van der Waals surface area contributed by atoms with Gasteiger partial charge in [-0.15, -0.1) is 0 Å². The molecule has 1 aliphatic heterocycles. The molecule has 1 fully saturated rings. The van der Waals surface area contributed by atoms with Crippen molar-refractivity contribution in [2.75, 3.05) is 26.7 Å². The van der Waals surface area contributed by atoms with Crippen LogP contribution in [0, 0.1) is 13.8 Å². The van der Waals surface area contributed by atoms with Gasteiger partial charge in [-0.05, 0) is 80.7 Å². The normalized spacial score (nSPS) is 16.4. The van der Waals surface area contributed by atoms with Crippen LogP contribution < -0.4 is 9.46 Å². The van der Waals surface area contributed by atoms with Crippen LogP contribution >= 0.6 is 0 Å². The standard InChI is InChI=1S/C21H28N2O3S/c1-16-6-11-20(14-17(16)2)27(24,25)22-15-21(23-12-4-5-13-23)18-7-9-19(26-3)10-8-18/h6-11,14,21-22H,4-5,12-13,15H2,1-3H3/t21-/m1/s1. The molecule has 0 saturated carbocycles. The summed E-state index contributed by atoms with van der Waals surface area (Å²) in [6, 6.07) is 13.2. The molecule has 0 spiro atoms. The molecule has 5 nitrogen and oxygen atoms in total. The van der Waals surface area contributed by atoms with E-state index in [2.05, 4.69) is 9.62 Å². The summed E-state index contributed by atoms with van der Waals surface area (Å²) in [5.74, 6) is 0.801. The van der Waals surface area contributed by atoms with Gasteiger partial charge < -0.3 is 4.74 Å². The predicted octanol–water partition coefficient (Wildman–Crippen LogP) is 3.43. The molecule has 1 saturated heterocycles. The number of ether oxygens (including phenoxy) is 1. The van der Waals surface area contributed by atoms with Crippen LogP contribution in [-0.2, 0) is 10.0 Å². The Hall–Kier alpha value is -1.89. The Balaban J connectivity index is 1.80. The maximum atomic E-state index is 12.8. The van der Waals surface area contributed by atoms with Gasteiger partial charge in [0.25, 0.3) is 0 Å². The highest BCUT2D eigenvalue weighted by Crippen LogP contribution is 2.27. The minimum Gasteiger partial charge on any atom is -0.497 e. The highest BCUT2D eigenvalue weighted by Gasteiger charge is 2.25. The minimum atomic E-state index is -3.55. The Labute approximate surface area is 162 Å². The Kier molecular flexibility index (Phi) is 6.19. The zero-order valence-corrected chi connectivity index (χ0v) is 17.1. The molecule has 27 heavy (non-hydrogen) atoms. The van der Waals surface area contributed by atoms with Crippen LogP contribution in [0.2, 0.25) is 0 Å². The van der Waals surface area contributed by atoms with Crippen molar-refractivity contribution in [2.24, 2.45) is 0 Å². The fraction of sp³-hybridized carbons (Fsp3) is 0.429. The van der Waals surface area contributed by atoms with Crippen molar-refractivity contribution in [3.05, 3.63) is 59.2 Å². The Morgan fingerprint density at radius 1 is 1.04 bits per heavy atom. The van der Waals surface area contributed by atoms with E-state index in [1.54, 1.807) is 19.2 Å². The molecule has 0 aliphatic carbocycles. The maximum Gasteiger partial charge on any atom is 0.240 e. The molecule has 0 aromatic heterocycles. The smallest absolute Gasteiger partial charge is 0.240 e. The first-order valence-corrected chi connectivity index (χ1v) is 10.8. The summed E-state index contributed by atoms with van der Waals surface area (Å²) in [5.41, 5.74) is 3.16. The van der Waals surface area contributed by atoms with Crippen LogP contribution in [-0.4, -0.2) is 40.1 Å². The maximum absolute atomic E-state index is 12.8. The molecular formula is C21H28N2O3S. The van der Waals surface area contributed by atoms with Crippen molar-refractivity contribution >= 4 is 10.0 Å². The van der Waals surface area contributed by atoms with Gasteiger partial charge in [-0.1, -0.05) is 18.2 Å². The summed E-state index contributed by atoms with van der Waals surface area (Å²) >= 11 is 0. The predicted molar refractivity (Wildman–Crippen MR) is 108 cm³/mol. The first kappa shape index (κ1) is 19.9.